The van der Waals surface area contributed by atoms with Crippen molar-refractivity contribution in [2.24, 2.45) is 0 Å². The molecule has 38 heteroatoms. The molecule has 100 heavy (non-hydrogen) atoms. The van der Waals surface area contributed by atoms with Gasteiger partial charge in [-0.05, 0) is 60.0 Å². The van der Waals surface area contributed by atoms with Gasteiger partial charge in [-0.1, -0.05) is 54.6 Å². The first-order valence-electron chi connectivity index (χ1n) is 31.4. The number of anilines is 3. The van der Waals surface area contributed by atoms with Gasteiger partial charge in [0, 0.05) is 69.8 Å². The van der Waals surface area contributed by atoms with Gasteiger partial charge in [-0.2, -0.15) is 15.0 Å². The molecule has 3 aromatic carbocycles. The van der Waals surface area contributed by atoms with E-state index in [0.29, 0.717) is 28.2 Å². The van der Waals surface area contributed by atoms with Gasteiger partial charge in [0.25, 0.3) is 11.1 Å². The summed E-state index contributed by atoms with van der Waals surface area (Å²) in [5, 5.41) is 11.1. The summed E-state index contributed by atoms with van der Waals surface area (Å²) >= 11 is 0. The summed E-state index contributed by atoms with van der Waals surface area (Å²) < 4.78 is 129. The number of methoxy groups -OCH3 is 2. The lowest BCUT2D eigenvalue weighted by Crippen LogP contribution is -2.38. The minimum absolute atomic E-state index is 0.0135. The molecule has 4 saturated heterocycles. The zero-order valence-electron chi connectivity index (χ0n) is 54.7. The highest BCUT2D eigenvalue weighted by Crippen LogP contribution is 2.55. The number of benzene rings is 3. The van der Waals surface area contributed by atoms with Gasteiger partial charge in [-0.15, -0.1) is 0 Å². The predicted molar refractivity (Wildman–Crippen MR) is 356 cm³/mol. The van der Waals surface area contributed by atoms with Crippen molar-refractivity contribution in [3.63, 3.8) is 0 Å². The van der Waals surface area contributed by atoms with Crippen LogP contribution in [0.1, 0.15) is 72.8 Å². The van der Waals surface area contributed by atoms with Crippen LogP contribution < -0.4 is 54.9 Å². The molecule has 4 aliphatic heterocycles. The molecule has 8 aromatic rings. The molecule has 0 saturated carbocycles. The fraction of sp³-hybridized carbons (Fsp3) is 0.435. The molecule has 0 radical (unpaired) electrons. The second kappa shape index (κ2) is 29.3. The lowest BCUT2D eigenvalue weighted by Gasteiger charge is -2.37. The topological polar surface area (TPSA) is 458 Å². The normalized spacial score (nSPS) is 25.8. The number of fused-ring (bicyclic) bond motifs is 1. The van der Waals surface area contributed by atoms with E-state index in [4.69, 9.17) is 77.5 Å². The van der Waals surface area contributed by atoms with E-state index in [0.717, 1.165) is 22.5 Å². The second-order valence-electron chi connectivity index (χ2n) is 24.3. The number of H-pyrrole nitrogens is 2. The standard InChI is InChI=1S/C62H74N13O22P3/c1-34-28-74(61(81)71-56(34)77)53-27-43(97-98(4,82)88-30-44-40(76)24-50(91-44)75-33-66-54-55(75)69-58(65)70-57(54)78)47(94-53)32-90-100(6,84)96-42-26-52(73-23-21-49(64)68-60(73)80)93-46(42)31-89-99(5,83)95-41-25-51(72-22-20-48(63)67-59(72)79)92-45(41)29-87-62(35-10-8-7-9-11-35,36-12-16-38(85-2)17-13-36)37-14-18-39(86-3)19-15-37/h7-23,28,33,40-47,50-53,76H,24-27,29-32H2,1-6H3,(H2,63,67,79)(H2,64,68,80)(H,71,77,81)(H3,65,69,70,78)/t40-,41-,42-,43-,44+,45+,46+,47+,50+,51+,52+,53+,98+,99+,100+/m0/s1. The number of aromatic nitrogens is 10. The third-order valence-corrected chi connectivity index (χ3v) is 21.1. The number of imidazole rings is 1. The Bertz CT molecular complexity index is 4680. The highest BCUT2D eigenvalue weighted by Gasteiger charge is 2.49. The summed E-state index contributed by atoms with van der Waals surface area (Å²) in [4.78, 5) is 85.5. The Morgan fingerprint density at radius 2 is 0.990 bits per heavy atom. The fourth-order valence-corrected chi connectivity index (χ4v) is 16.0. The Morgan fingerprint density at radius 1 is 0.550 bits per heavy atom. The number of hydrogen-bond donors (Lipinski definition) is 6. The molecule has 35 nitrogen and oxygen atoms in total. The van der Waals surface area contributed by atoms with Crippen LogP contribution in [-0.4, -0.2) is 163 Å². The van der Waals surface area contributed by atoms with E-state index in [1.54, 1.807) is 38.5 Å². The highest BCUT2D eigenvalue weighted by atomic mass is 31.2. The Morgan fingerprint density at radius 3 is 1.47 bits per heavy atom. The van der Waals surface area contributed by atoms with E-state index < -0.39 is 150 Å². The maximum absolute atomic E-state index is 15.0. The van der Waals surface area contributed by atoms with Crippen LogP contribution in [0.15, 0.2) is 140 Å². The lowest BCUT2D eigenvalue weighted by molar-refractivity contribution is -0.0932. The Hall–Kier alpha value is -8.34. The van der Waals surface area contributed by atoms with Gasteiger partial charge in [-0.3, -0.25) is 51.5 Å². The van der Waals surface area contributed by atoms with E-state index in [-0.39, 0.29) is 66.6 Å². The molecule has 4 fully saturated rings. The molecule has 4 aliphatic rings. The van der Waals surface area contributed by atoms with Crippen LogP contribution in [0.3, 0.4) is 0 Å². The molecule has 15 atom stereocenters. The molecule has 9 N–H and O–H groups in total. The van der Waals surface area contributed by atoms with Crippen molar-refractivity contribution < 1.29 is 79.1 Å². The molecule has 0 unspecified atom stereocenters. The molecule has 0 spiro atoms. The van der Waals surface area contributed by atoms with Crippen molar-refractivity contribution in [3.05, 3.63) is 190 Å². The third kappa shape index (κ3) is 15.7. The first-order chi connectivity index (χ1) is 47.7. The minimum Gasteiger partial charge on any atom is -0.497 e. The number of nitrogens with one attached hydrogen (secondary N) is 2. The molecule has 0 aliphatic carbocycles. The first kappa shape index (κ1) is 71.5. The number of aromatic amines is 2. The third-order valence-electron chi connectivity index (χ3n) is 17.3. The number of aliphatic hydroxyl groups is 1. The van der Waals surface area contributed by atoms with Crippen LogP contribution in [0.2, 0.25) is 0 Å². The van der Waals surface area contributed by atoms with Crippen LogP contribution in [0.4, 0.5) is 17.6 Å². The van der Waals surface area contributed by atoms with Crippen molar-refractivity contribution in [2.45, 2.75) is 112 Å². The maximum Gasteiger partial charge on any atom is 0.351 e. The van der Waals surface area contributed by atoms with Crippen molar-refractivity contribution in [1.29, 1.82) is 0 Å². The number of rotatable bonds is 27. The van der Waals surface area contributed by atoms with Crippen molar-refractivity contribution >= 4 is 51.5 Å². The first-order valence-corrected chi connectivity index (χ1v) is 37.4. The number of nitrogens with two attached hydrogens (primary N) is 3. The number of hydrogen-bond acceptors (Lipinski definition) is 29. The lowest BCUT2D eigenvalue weighted by atomic mass is 9.80. The summed E-state index contributed by atoms with van der Waals surface area (Å²) in [7, 11) is -9.75. The van der Waals surface area contributed by atoms with E-state index >= 15 is 4.57 Å². The number of aliphatic hydroxyl groups excluding tert-OH is 1. The summed E-state index contributed by atoms with van der Waals surface area (Å²) in [5.41, 5.74) is 14.9. The number of aryl methyl sites for hydroxylation is 1. The summed E-state index contributed by atoms with van der Waals surface area (Å²) in [6, 6.07) is 26.9. The van der Waals surface area contributed by atoms with Crippen LogP contribution >= 0.6 is 22.8 Å². The number of ether oxygens (including phenoxy) is 7. The molecular weight excluding hydrogens is 1370 g/mol. The Labute approximate surface area is 568 Å². The van der Waals surface area contributed by atoms with Crippen molar-refractivity contribution in [1.82, 2.24) is 48.2 Å². The van der Waals surface area contributed by atoms with Crippen LogP contribution in [0, 0.1) is 6.92 Å². The SMILES string of the molecule is COc1ccc(C(OC[C@H]2O[C@@H](n3ccc(N)nc3=O)C[C@@H]2O[P@](C)(=O)OC[C@H]2O[C@@H](n3ccc(N)nc3=O)C[C@@H]2O[P@](C)(=O)OC[C@H]2O[C@@H](n3cc(C)c(=O)[nH]c3=O)C[C@@H]2O[P@](C)(=O)OC[C@H]2O[C@@H](n3cnc4c(=O)[nH]c(N)nc43)C[C@@H]2O)(c2ccccc2)c2ccc(OC)cc2)cc1. The zero-order valence-corrected chi connectivity index (χ0v) is 57.4. The summed E-state index contributed by atoms with van der Waals surface area (Å²) in [6.45, 7) is 3.05. The number of nitrogens with zero attached hydrogens (tertiary/aromatic N) is 8. The Balaban J connectivity index is 0.766. The quantitative estimate of drug-likeness (QED) is 0.0306. The van der Waals surface area contributed by atoms with Gasteiger partial charge in [0.05, 0.1) is 71.4 Å². The monoisotopic (exact) mass is 1450 g/mol. The second-order valence-corrected chi connectivity index (χ2v) is 30.3. The maximum atomic E-state index is 15.0. The van der Waals surface area contributed by atoms with Crippen molar-refractivity contribution in [2.75, 3.05) is 77.8 Å². The minimum atomic E-state index is -4.36. The Kier molecular flexibility index (Phi) is 21.0. The van der Waals surface area contributed by atoms with E-state index in [2.05, 4.69) is 29.9 Å². The molecule has 0 amide bonds. The van der Waals surface area contributed by atoms with Gasteiger partial charge in [0.1, 0.15) is 78.1 Å². The van der Waals surface area contributed by atoms with Gasteiger partial charge >= 0.3 is 39.9 Å². The van der Waals surface area contributed by atoms with E-state index in [9.17, 15) is 38.2 Å². The smallest absolute Gasteiger partial charge is 0.351 e. The fourth-order valence-electron chi connectivity index (χ4n) is 12.4. The summed E-state index contributed by atoms with van der Waals surface area (Å²) in [6.07, 6.45) is -9.05. The predicted octanol–water partition coefficient (Wildman–Crippen LogP) is 4.45. The van der Waals surface area contributed by atoms with E-state index in [1.165, 1.54) is 59.8 Å². The average Bonchev–Trinajstić information content (AvgIpc) is 0.978. The van der Waals surface area contributed by atoms with Gasteiger partial charge in [0.2, 0.25) is 5.95 Å². The average molecular weight is 1450 g/mol. The molecule has 9 heterocycles. The van der Waals surface area contributed by atoms with Crippen LogP contribution in [-0.2, 0) is 70.1 Å². The number of nitrogen functional groups attached to an aromatic ring is 3. The molecule has 0 bridgehead atoms. The van der Waals surface area contributed by atoms with Crippen LogP contribution in [0.5, 0.6) is 11.5 Å². The summed E-state index contributed by atoms with van der Waals surface area (Å²) in [5.74, 6) is 0.892. The largest absolute Gasteiger partial charge is 0.497 e. The molecule has 12 rings (SSSR count). The van der Waals surface area contributed by atoms with Crippen molar-refractivity contribution in [3.8, 4) is 11.5 Å². The van der Waals surface area contributed by atoms with Gasteiger partial charge < -0.3 is 82.6 Å². The van der Waals surface area contributed by atoms with Gasteiger partial charge in [-0.25, -0.2) is 19.4 Å². The molecule has 534 valence electrons. The zero-order chi connectivity index (χ0) is 71.0. The highest BCUT2D eigenvalue weighted by molar-refractivity contribution is 7.53. The molecule has 5 aromatic heterocycles. The molecular formula is C62H74N13O22P3. The van der Waals surface area contributed by atoms with Crippen LogP contribution in [0.25, 0.3) is 11.2 Å². The van der Waals surface area contributed by atoms with E-state index in [1.807, 2.05) is 54.6 Å². The van der Waals surface area contributed by atoms with Gasteiger partial charge in [0.15, 0.2) is 11.2 Å².